The maximum absolute atomic E-state index is 12.9. The summed E-state index contributed by atoms with van der Waals surface area (Å²) in [4.78, 5) is 28.4. The molecule has 1 atom stereocenters. The van der Waals surface area contributed by atoms with Crippen LogP contribution in [0.15, 0.2) is 36.5 Å². The van der Waals surface area contributed by atoms with Crippen LogP contribution in [0.1, 0.15) is 12.8 Å². The molecule has 3 aliphatic rings. The normalized spacial score (nSPS) is 21.4. The van der Waals surface area contributed by atoms with Gasteiger partial charge in [0.15, 0.2) is 11.5 Å². The number of fused-ring (bicyclic) bond motifs is 1. The van der Waals surface area contributed by atoms with Crippen LogP contribution in [0.2, 0.25) is 0 Å². The maximum atomic E-state index is 12.9. The van der Waals surface area contributed by atoms with Crippen LogP contribution in [0.4, 0.5) is 11.8 Å². The number of aromatic nitrogens is 2. The van der Waals surface area contributed by atoms with Gasteiger partial charge in [-0.2, -0.15) is 4.98 Å². The first-order valence-electron chi connectivity index (χ1n) is 10.3. The van der Waals surface area contributed by atoms with Gasteiger partial charge in [0.2, 0.25) is 12.1 Å². The predicted octanol–water partition coefficient (Wildman–Crippen LogP) is 1.57. The topological polar surface area (TPSA) is 71.0 Å². The first kappa shape index (κ1) is 18.0. The van der Waals surface area contributed by atoms with E-state index in [1.165, 1.54) is 12.8 Å². The van der Waals surface area contributed by atoms with Crippen LogP contribution >= 0.6 is 0 Å². The average molecular weight is 395 g/mol. The Morgan fingerprint density at radius 2 is 1.69 bits per heavy atom. The van der Waals surface area contributed by atoms with Crippen molar-refractivity contribution >= 4 is 17.7 Å². The Hall–Kier alpha value is -3.03. The molecule has 1 amide bonds. The monoisotopic (exact) mass is 395 g/mol. The molecular weight excluding hydrogens is 370 g/mol. The van der Waals surface area contributed by atoms with E-state index in [0.717, 1.165) is 37.9 Å². The molecule has 0 saturated carbocycles. The molecule has 2 fully saturated rings. The van der Waals surface area contributed by atoms with E-state index in [9.17, 15) is 4.79 Å². The zero-order valence-electron chi connectivity index (χ0n) is 16.4. The van der Waals surface area contributed by atoms with Crippen molar-refractivity contribution < 1.29 is 14.3 Å². The molecule has 4 heterocycles. The van der Waals surface area contributed by atoms with Gasteiger partial charge >= 0.3 is 0 Å². The summed E-state index contributed by atoms with van der Waals surface area (Å²) in [6.45, 7) is 5.07. The van der Waals surface area contributed by atoms with Gasteiger partial charge < -0.3 is 24.2 Å². The Morgan fingerprint density at radius 1 is 0.931 bits per heavy atom. The molecule has 8 nitrogen and oxygen atoms in total. The lowest BCUT2D eigenvalue weighted by Gasteiger charge is -2.37. The Labute approximate surface area is 170 Å². The standard InChI is InChI=1S/C21H25N5O3/c27-20(18-15-28-16-5-1-2-6-17(16)29-18)25-13-11-24(12-14-25)19-7-8-22-21(23-19)26-9-3-4-10-26/h1-2,5-8,18H,3-4,9-15H2. The summed E-state index contributed by atoms with van der Waals surface area (Å²) < 4.78 is 11.6. The SMILES string of the molecule is O=C(C1COc2ccccc2O1)N1CCN(c2ccnc(N3CCCC3)n2)CC1. The van der Waals surface area contributed by atoms with E-state index in [1.807, 2.05) is 41.4 Å². The van der Waals surface area contributed by atoms with Crippen molar-refractivity contribution in [3.05, 3.63) is 36.5 Å². The fraction of sp³-hybridized carbons (Fsp3) is 0.476. The number of carbonyl (C=O) groups is 1. The van der Waals surface area contributed by atoms with E-state index in [0.29, 0.717) is 24.6 Å². The molecule has 2 aromatic rings. The molecule has 3 aliphatic heterocycles. The molecule has 1 unspecified atom stereocenters. The summed E-state index contributed by atoms with van der Waals surface area (Å²) >= 11 is 0. The Kier molecular flexibility index (Phi) is 4.83. The van der Waals surface area contributed by atoms with Crippen molar-refractivity contribution in [1.82, 2.24) is 14.9 Å². The number of rotatable bonds is 3. The number of benzene rings is 1. The zero-order valence-corrected chi connectivity index (χ0v) is 16.4. The zero-order chi connectivity index (χ0) is 19.6. The van der Waals surface area contributed by atoms with E-state index in [-0.39, 0.29) is 12.5 Å². The molecule has 0 aliphatic carbocycles. The predicted molar refractivity (Wildman–Crippen MR) is 109 cm³/mol. The van der Waals surface area contributed by atoms with Gasteiger partial charge in [0, 0.05) is 45.5 Å². The Morgan fingerprint density at radius 3 is 2.48 bits per heavy atom. The third-order valence-corrected chi connectivity index (χ3v) is 5.72. The highest BCUT2D eigenvalue weighted by Gasteiger charge is 2.33. The largest absolute Gasteiger partial charge is 0.485 e. The minimum absolute atomic E-state index is 0.0143. The maximum Gasteiger partial charge on any atom is 0.267 e. The highest BCUT2D eigenvalue weighted by molar-refractivity contribution is 5.82. The molecule has 2 saturated heterocycles. The second-order valence-electron chi connectivity index (χ2n) is 7.59. The van der Waals surface area contributed by atoms with Crippen molar-refractivity contribution in [2.75, 3.05) is 55.7 Å². The molecule has 29 heavy (non-hydrogen) atoms. The fourth-order valence-corrected chi connectivity index (χ4v) is 4.09. The minimum Gasteiger partial charge on any atom is -0.485 e. The van der Waals surface area contributed by atoms with Crippen molar-refractivity contribution in [3.63, 3.8) is 0 Å². The quantitative estimate of drug-likeness (QED) is 0.781. The van der Waals surface area contributed by atoms with Crippen LogP contribution in [-0.2, 0) is 4.79 Å². The summed E-state index contributed by atoms with van der Waals surface area (Å²) in [5.74, 6) is 3.05. The number of amides is 1. The third kappa shape index (κ3) is 3.66. The van der Waals surface area contributed by atoms with Crippen LogP contribution in [-0.4, -0.2) is 72.8 Å². The van der Waals surface area contributed by atoms with E-state index in [1.54, 1.807) is 0 Å². The highest BCUT2D eigenvalue weighted by Crippen LogP contribution is 2.31. The third-order valence-electron chi connectivity index (χ3n) is 5.72. The van der Waals surface area contributed by atoms with Crippen molar-refractivity contribution in [1.29, 1.82) is 0 Å². The number of hydrogen-bond acceptors (Lipinski definition) is 7. The van der Waals surface area contributed by atoms with Gasteiger partial charge in [-0.15, -0.1) is 0 Å². The average Bonchev–Trinajstić information content (AvgIpc) is 3.34. The number of nitrogens with zero attached hydrogens (tertiary/aromatic N) is 5. The molecule has 0 spiro atoms. The Bertz CT molecular complexity index is 878. The second kappa shape index (κ2) is 7.77. The molecule has 0 radical (unpaired) electrons. The van der Waals surface area contributed by atoms with Crippen LogP contribution in [0.25, 0.3) is 0 Å². The van der Waals surface area contributed by atoms with Gasteiger partial charge in [-0.3, -0.25) is 4.79 Å². The smallest absolute Gasteiger partial charge is 0.267 e. The van der Waals surface area contributed by atoms with Gasteiger partial charge in [0.05, 0.1) is 0 Å². The molecule has 0 N–H and O–H groups in total. The summed E-state index contributed by atoms with van der Waals surface area (Å²) in [6, 6.07) is 9.41. The van der Waals surface area contributed by atoms with Gasteiger partial charge in [0.25, 0.3) is 5.91 Å². The summed E-state index contributed by atoms with van der Waals surface area (Å²) in [5.41, 5.74) is 0. The van der Waals surface area contributed by atoms with E-state index in [4.69, 9.17) is 14.5 Å². The van der Waals surface area contributed by atoms with Crippen molar-refractivity contribution in [3.8, 4) is 11.5 Å². The highest BCUT2D eigenvalue weighted by atomic mass is 16.6. The fourth-order valence-electron chi connectivity index (χ4n) is 4.09. The van der Waals surface area contributed by atoms with Gasteiger partial charge in [-0.05, 0) is 31.0 Å². The second-order valence-corrected chi connectivity index (χ2v) is 7.59. The van der Waals surface area contributed by atoms with Gasteiger partial charge in [0.1, 0.15) is 12.4 Å². The van der Waals surface area contributed by atoms with Crippen molar-refractivity contribution in [2.24, 2.45) is 0 Å². The van der Waals surface area contributed by atoms with Gasteiger partial charge in [-0.1, -0.05) is 12.1 Å². The first-order valence-corrected chi connectivity index (χ1v) is 10.3. The van der Waals surface area contributed by atoms with Gasteiger partial charge in [-0.25, -0.2) is 4.98 Å². The van der Waals surface area contributed by atoms with Crippen LogP contribution in [0.3, 0.4) is 0 Å². The summed E-state index contributed by atoms with van der Waals surface area (Å²) in [5, 5.41) is 0. The van der Waals surface area contributed by atoms with Crippen LogP contribution in [0, 0.1) is 0 Å². The van der Waals surface area contributed by atoms with Crippen LogP contribution in [0.5, 0.6) is 11.5 Å². The molecule has 0 bridgehead atoms. The number of anilines is 2. The molecular formula is C21H25N5O3. The lowest BCUT2D eigenvalue weighted by molar-refractivity contribution is -0.141. The summed E-state index contributed by atoms with van der Waals surface area (Å²) in [7, 11) is 0. The summed E-state index contributed by atoms with van der Waals surface area (Å²) in [6.07, 6.45) is 3.65. The molecule has 8 heteroatoms. The number of hydrogen-bond donors (Lipinski definition) is 0. The van der Waals surface area contributed by atoms with E-state index >= 15 is 0 Å². The van der Waals surface area contributed by atoms with E-state index in [2.05, 4.69) is 14.8 Å². The van der Waals surface area contributed by atoms with Crippen LogP contribution < -0.4 is 19.3 Å². The number of piperazine rings is 1. The number of carbonyl (C=O) groups excluding carboxylic acids is 1. The first-order chi connectivity index (χ1) is 14.3. The number of ether oxygens (including phenoxy) is 2. The lowest BCUT2D eigenvalue weighted by Crippen LogP contribution is -2.54. The van der Waals surface area contributed by atoms with E-state index < -0.39 is 6.10 Å². The Balaban J connectivity index is 1.20. The minimum atomic E-state index is -0.586. The molecule has 1 aromatic heterocycles. The molecule has 152 valence electrons. The molecule has 5 rings (SSSR count). The number of para-hydroxylation sites is 2. The lowest BCUT2D eigenvalue weighted by atomic mass is 10.2. The van der Waals surface area contributed by atoms with Crippen molar-refractivity contribution in [2.45, 2.75) is 18.9 Å². The molecule has 1 aromatic carbocycles.